The average molecular weight is 440 g/mol. The van der Waals surface area contributed by atoms with Gasteiger partial charge in [0.25, 0.3) is 5.91 Å². The molecule has 0 saturated carbocycles. The molecule has 1 atom stereocenters. The molecule has 164 valence electrons. The minimum atomic E-state index is -0.534. The van der Waals surface area contributed by atoms with Gasteiger partial charge in [0.2, 0.25) is 5.91 Å². The number of nitrogens with zero attached hydrogens (tertiary/aromatic N) is 4. The second kappa shape index (κ2) is 9.20. The lowest BCUT2D eigenvalue weighted by Crippen LogP contribution is -2.56. The number of benzene rings is 1. The zero-order valence-electron chi connectivity index (χ0n) is 18.2. The number of nitrogens with one attached hydrogen (secondary N) is 1. The molecule has 1 aromatic carbocycles. The molecule has 3 heterocycles. The molecule has 2 aromatic heterocycles. The Hall–Kier alpha value is -2.71. The van der Waals surface area contributed by atoms with Crippen LogP contribution in [0.25, 0.3) is 15.3 Å². The standard InChI is InChI=1S/C23H29N5O2S/c1-4-26-11-13-27(14-12-26)22(30)20(16(2)3)25-21(29)17-7-8-18-19(15-17)31-23(24-18)28-9-5-6-10-28/h5-10,15-16,20H,4,11-14H2,1-3H3,(H,25,29)/t20-/m1/s1. The molecule has 1 fully saturated rings. The van der Waals surface area contributed by atoms with E-state index < -0.39 is 6.04 Å². The molecule has 4 rings (SSSR count). The second-order valence-electron chi connectivity index (χ2n) is 8.22. The summed E-state index contributed by atoms with van der Waals surface area (Å²) in [7, 11) is 0. The van der Waals surface area contributed by atoms with Crippen LogP contribution in [0, 0.1) is 5.92 Å². The highest BCUT2D eigenvalue weighted by molar-refractivity contribution is 7.20. The summed E-state index contributed by atoms with van der Waals surface area (Å²) in [6.45, 7) is 10.3. The van der Waals surface area contributed by atoms with E-state index in [9.17, 15) is 9.59 Å². The molecule has 0 spiro atoms. The smallest absolute Gasteiger partial charge is 0.251 e. The van der Waals surface area contributed by atoms with Gasteiger partial charge in [-0.2, -0.15) is 0 Å². The summed E-state index contributed by atoms with van der Waals surface area (Å²) >= 11 is 1.54. The molecule has 1 aliphatic heterocycles. The topological polar surface area (TPSA) is 70.5 Å². The van der Waals surface area contributed by atoms with Crippen molar-refractivity contribution in [3.8, 4) is 5.13 Å². The fraction of sp³-hybridized carbons (Fsp3) is 0.435. The second-order valence-corrected chi connectivity index (χ2v) is 9.23. The van der Waals surface area contributed by atoms with E-state index in [4.69, 9.17) is 0 Å². The van der Waals surface area contributed by atoms with E-state index in [1.807, 2.05) is 60.0 Å². The maximum Gasteiger partial charge on any atom is 0.251 e. The summed E-state index contributed by atoms with van der Waals surface area (Å²) in [6, 6.07) is 8.87. The number of hydrogen-bond acceptors (Lipinski definition) is 5. The third-order valence-electron chi connectivity index (χ3n) is 5.82. The Labute approximate surface area is 186 Å². The van der Waals surface area contributed by atoms with Crippen LogP contribution in [0.15, 0.2) is 42.7 Å². The van der Waals surface area contributed by atoms with E-state index in [0.717, 1.165) is 35.0 Å². The Balaban J connectivity index is 1.48. The van der Waals surface area contributed by atoms with Gasteiger partial charge in [-0.15, -0.1) is 0 Å². The number of aromatic nitrogens is 2. The van der Waals surface area contributed by atoms with Crippen molar-refractivity contribution < 1.29 is 9.59 Å². The lowest BCUT2D eigenvalue weighted by atomic mass is 10.0. The van der Waals surface area contributed by atoms with Gasteiger partial charge in [0.1, 0.15) is 6.04 Å². The minimum absolute atomic E-state index is 0.00728. The van der Waals surface area contributed by atoms with Crippen LogP contribution in [0.4, 0.5) is 0 Å². The normalized spacial score (nSPS) is 16.1. The first-order valence-corrected chi connectivity index (χ1v) is 11.6. The molecule has 2 amide bonds. The van der Waals surface area contributed by atoms with Gasteiger partial charge < -0.3 is 19.7 Å². The Morgan fingerprint density at radius 3 is 2.48 bits per heavy atom. The monoisotopic (exact) mass is 439 g/mol. The average Bonchev–Trinajstić information content (AvgIpc) is 3.45. The highest BCUT2D eigenvalue weighted by Gasteiger charge is 2.30. The summed E-state index contributed by atoms with van der Waals surface area (Å²) in [5.74, 6) is -0.210. The number of piperazine rings is 1. The number of thiazole rings is 1. The molecule has 3 aromatic rings. The molecule has 0 bridgehead atoms. The molecule has 1 N–H and O–H groups in total. The summed E-state index contributed by atoms with van der Waals surface area (Å²) in [4.78, 5) is 35.0. The molecular weight excluding hydrogens is 410 g/mol. The number of fused-ring (bicyclic) bond motifs is 1. The van der Waals surface area contributed by atoms with Gasteiger partial charge in [0, 0.05) is 44.1 Å². The summed E-state index contributed by atoms with van der Waals surface area (Å²) in [6.07, 6.45) is 3.90. The van der Waals surface area contributed by atoms with Crippen molar-refractivity contribution in [3.63, 3.8) is 0 Å². The van der Waals surface area contributed by atoms with Gasteiger partial charge in [-0.3, -0.25) is 9.59 Å². The molecular formula is C23H29N5O2S. The van der Waals surface area contributed by atoms with E-state index >= 15 is 0 Å². The largest absolute Gasteiger partial charge is 0.340 e. The molecule has 0 radical (unpaired) electrons. The van der Waals surface area contributed by atoms with Crippen molar-refractivity contribution in [2.75, 3.05) is 32.7 Å². The van der Waals surface area contributed by atoms with Crippen molar-refractivity contribution in [3.05, 3.63) is 48.3 Å². The van der Waals surface area contributed by atoms with Crippen molar-refractivity contribution in [2.24, 2.45) is 5.92 Å². The first-order valence-electron chi connectivity index (χ1n) is 10.8. The van der Waals surface area contributed by atoms with Crippen molar-refractivity contribution in [1.29, 1.82) is 0 Å². The van der Waals surface area contributed by atoms with Gasteiger partial charge in [-0.25, -0.2) is 4.98 Å². The molecule has 1 saturated heterocycles. The summed E-state index contributed by atoms with van der Waals surface area (Å²) in [5.41, 5.74) is 1.40. The fourth-order valence-electron chi connectivity index (χ4n) is 3.85. The van der Waals surface area contributed by atoms with Crippen LogP contribution in [0.1, 0.15) is 31.1 Å². The predicted molar refractivity (Wildman–Crippen MR) is 124 cm³/mol. The van der Waals surface area contributed by atoms with Gasteiger partial charge in [0.05, 0.1) is 10.2 Å². The maximum absolute atomic E-state index is 13.1. The highest BCUT2D eigenvalue weighted by atomic mass is 32.1. The maximum atomic E-state index is 13.1. The van der Waals surface area contributed by atoms with E-state index in [2.05, 4.69) is 22.1 Å². The zero-order chi connectivity index (χ0) is 22.0. The van der Waals surface area contributed by atoms with E-state index in [0.29, 0.717) is 18.7 Å². The number of rotatable bonds is 6. The third kappa shape index (κ3) is 4.65. The van der Waals surface area contributed by atoms with E-state index in [1.54, 1.807) is 6.07 Å². The fourth-order valence-corrected chi connectivity index (χ4v) is 4.82. The minimum Gasteiger partial charge on any atom is -0.340 e. The van der Waals surface area contributed by atoms with Gasteiger partial charge >= 0.3 is 0 Å². The molecule has 8 heteroatoms. The van der Waals surface area contributed by atoms with Crippen molar-refractivity contribution >= 4 is 33.4 Å². The Morgan fingerprint density at radius 1 is 1.13 bits per heavy atom. The Morgan fingerprint density at radius 2 is 1.84 bits per heavy atom. The van der Waals surface area contributed by atoms with Crippen LogP contribution in [0.3, 0.4) is 0 Å². The van der Waals surface area contributed by atoms with E-state index in [1.165, 1.54) is 11.3 Å². The lowest BCUT2D eigenvalue weighted by Gasteiger charge is -2.36. The lowest BCUT2D eigenvalue weighted by molar-refractivity contribution is -0.136. The molecule has 0 unspecified atom stereocenters. The van der Waals surface area contributed by atoms with Gasteiger partial charge in [0.15, 0.2) is 5.13 Å². The van der Waals surface area contributed by atoms with Crippen molar-refractivity contribution in [1.82, 2.24) is 24.7 Å². The van der Waals surface area contributed by atoms with Crippen molar-refractivity contribution in [2.45, 2.75) is 26.8 Å². The van der Waals surface area contributed by atoms with Crippen LogP contribution in [0.2, 0.25) is 0 Å². The number of carbonyl (C=O) groups excluding carboxylic acids is 2. The number of likely N-dealkylation sites (N-methyl/N-ethyl adjacent to an activating group) is 1. The summed E-state index contributed by atoms with van der Waals surface area (Å²) < 4.78 is 2.90. The SMILES string of the molecule is CCN1CCN(C(=O)[C@H](NC(=O)c2ccc3nc(-n4cccc4)sc3c2)C(C)C)CC1. The zero-order valence-corrected chi connectivity index (χ0v) is 19.1. The molecule has 0 aliphatic carbocycles. The first-order chi connectivity index (χ1) is 15.0. The molecule has 1 aliphatic rings. The van der Waals surface area contributed by atoms with E-state index in [-0.39, 0.29) is 17.7 Å². The van der Waals surface area contributed by atoms with Gasteiger partial charge in [-0.05, 0) is 42.8 Å². The summed E-state index contributed by atoms with van der Waals surface area (Å²) in [5, 5.41) is 3.85. The molecule has 31 heavy (non-hydrogen) atoms. The number of hydrogen-bond donors (Lipinski definition) is 1. The Kier molecular flexibility index (Phi) is 6.38. The van der Waals surface area contributed by atoms with Crippen LogP contribution in [-0.2, 0) is 4.79 Å². The number of amides is 2. The quantitative estimate of drug-likeness (QED) is 0.641. The van der Waals surface area contributed by atoms with Gasteiger partial charge in [-0.1, -0.05) is 32.1 Å². The number of carbonyl (C=O) groups is 2. The Bertz CT molecular complexity index is 1050. The highest BCUT2D eigenvalue weighted by Crippen LogP contribution is 2.26. The molecule has 7 nitrogen and oxygen atoms in total. The van der Waals surface area contributed by atoms with Crippen LogP contribution in [-0.4, -0.2) is 69.9 Å². The van der Waals surface area contributed by atoms with Crippen LogP contribution in [0.5, 0.6) is 0 Å². The predicted octanol–water partition coefficient (Wildman–Crippen LogP) is 3.01. The third-order valence-corrected chi connectivity index (χ3v) is 6.85. The first kappa shape index (κ1) is 21.5. The van der Waals surface area contributed by atoms with Crippen LogP contribution < -0.4 is 5.32 Å². The van der Waals surface area contributed by atoms with Crippen LogP contribution >= 0.6 is 11.3 Å².